The third kappa shape index (κ3) is 5.73. The van der Waals surface area contributed by atoms with Crippen LogP contribution in [0.4, 0.5) is 0 Å². The first-order valence-corrected chi connectivity index (χ1v) is 3.72. The maximum atomic E-state index is 9.81. The van der Waals surface area contributed by atoms with Crippen molar-refractivity contribution in [1.29, 1.82) is 0 Å². The molecule has 1 atom stereocenters. The van der Waals surface area contributed by atoms with Gasteiger partial charge in [-0.1, -0.05) is 0 Å². The van der Waals surface area contributed by atoms with E-state index in [-0.39, 0.29) is 0 Å². The zero-order valence-electron chi connectivity index (χ0n) is 5.17. The number of carbonyl (C=O) groups is 1. The summed E-state index contributed by atoms with van der Waals surface area (Å²) in [5.41, 5.74) is 0. The Labute approximate surface area is 62.2 Å². The molecular formula is C3H6O7S. The van der Waals surface area contributed by atoms with Crippen LogP contribution in [-0.4, -0.2) is 41.9 Å². The van der Waals surface area contributed by atoms with Crippen molar-refractivity contribution in [3.8, 4) is 0 Å². The molecule has 0 heterocycles. The normalized spacial score (nSPS) is 14.4. The Morgan fingerprint density at radius 1 is 1.55 bits per heavy atom. The van der Waals surface area contributed by atoms with Crippen molar-refractivity contribution in [2.75, 3.05) is 6.61 Å². The minimum Gasteiger partial charge on any atom is -0.479 e. The maximum absolute atomic E-state index is 9.81. The van der Waals surface area contributed by atoms with Crippen molar-refractivity contribution in [3.05, 3.63) is 0 Å². The van der Waals surface area contributed by atoms with Gasteiger partial charge in [0, 0.05) is 0 Å². The molecule has 0 aromatic heterocycles. The molecule has 0 spiro atoms. The zero-order chi connectivity index (χ0) is 9.07. The standard InChI is InChI=1S/C3H6O7S/c4-2(3(5)6)1-10-11(7,8)9/h2,4H,1H2,(H,5,6)(H,7,8,9)/t2-/m1/s1. The van der Waals surface area contributed by atoms with Crippen LogP contribution < -0.4 is 0 Å². The van der Waals surface area contributed by atoms with E-state index in [1.807, 2.05) is 0 Å². The molecule has 0 aliphatic rings. The smallest absolute Gasteiger partial charge is 0.397 e. The van der Waals surface area contributed by atoms with Crippen molar-refractivity contribution in [1.82, 2.24) is 0 Å². The van der Waals surface area contributed by atoms with Crippen LogP contribution in [0, 0.1) is 0 Å². The Morgan fingerprint density at radius 2 is 2.00 bits per heavy atom. The summed E-state index contributed by atoms with van der Waals surface area (Å²) in [7, 11) is -4.68. The second-order valence-corrected chi connectivity index (χ2v) is 2.66. The predicted molar refractivity (Wildman–Crippen MR) is 31.1 cm³/mol. The maximum Gasteiger partial charge on any atom is 0.397 e. The molecule has 3 N–H and O–H groups in total. The number of rotatable bonds is 4. The molecule has 7 nitrogen and oxygen atoms in total. The average molecular weight is 186 g/mol. The number of hydrogen-bond donors (Lipinski definition) is 3. The minimum absolute atomic E-state index is 1.01. The van der Waals surface area contributed by atoms with Crippen LogP contribution in [0.5, 0.6) is 0 Å². The monoisotopic (exact) mass is 186 g/mol. The van der Waals surface area contributed by atoms with Crippen LogP contribution in [0.15, 0.2) is 0 Å². The molecule has 0 aliphatic carbocycles. The second-order valence-electron chi connectivity index (χ2n) is 1.57. The lowest BCUT2D eigenvalue weighted by atomic mass is 10.4. The van der Waals surface area contributed by atoms with Crippen LogP contribution in [-0.2, 0) is 19.4 Å². The largest absolute Gasteiger partial charge is 0.479 e. The van der Waals surface area contributed by atoms with Crippen LogP contribution >= 0.6 is 0 Å². The predicted octanol–water partition coefficient (Wildman–Crippen LogP) is -1.75. The second kappa shape index (κ2) is 3.62. The van der Waals surface area contributed by atoms with Gasteiger partial charge in [0.05, 0.1) is 0 Å². The molecular weight excluding hydrogens is 180 g/mol. The Balaban J connectivity index is 3.82. The van der Waals surface area contributed by atoms with Crippen LogP contribution in [0.25, 0.3) is 0 Å². The first kappa shape index (κ1) is 10.3. The van der Waals surface area contributed by atoms with E-state index in [4.69, 9.17) is 14.8 Å². The number of hydrogen-bond acceptors (Lipinski definition) is 5. The van der Waals surface area contributed by atoms with Crippen LogP contribution in [0.1, 0.15) is 0 Å². The summed E-state index contributed by atoms with van der Waals surface area (Å²) in [5, 5.41) is 16.4. The minimum atomic E-state index is -4.68. The number of aliphatic carboxylic acids is 1. The van der Waals surface area contributed by atoms with Crippen molar-refractivity contribution >= 4 is 16.4 Å². The van der Waals surface area contributed by atoms with Crippen molar-refractivity contribution in [2.45, 2.75) is 6.10 Å². The van der Waals surface area contributed by atoms with Gasteiger partial charge in [-0.05, 0) is 0 Å². The Morgan fingerprint density at radius 3 is 2.27 bits per heavy atom. The molecule has 0 unspecified atom stereocenters. The quantitative estimate of drug-likeness (QED) is 0.445. The van der Waals surface area contributed by atoms with Gasteiger partial charge >= 0.3 is 16.4 Å². The summed E-state index contributed by atoms with van der Waals surface area (Å²) in [6, 6.07) is 0. The van der Waals surface area contributed by atoms with Crippen molar-refractivity contribution in [3.63, 3.8) is 0 Å². The van der Waals surface area contributed by atoms with Gasteiger partial charge in [0.25, 0.3) is 0 Å². The highest BCUT2D eigenvalue weighted by molar-refractivity contribution is 7.80. The Kier molecular flexibility index (Phi) is 3.39. The summed E-state index contributed by atoms with van der Waals surface area (Å²) in [6.45, 7) is -1.01. The summed E-state index contributed by atoms with van der Waals surface area (Å²) >= 11 is 0. The third-order valence-corrected chi connectivity index (χ3v) is 1.09. The van der Waals surface area contributed by atoms with Crippen LogP contribution in [0.3, 0.4) is 0 Å². The van der Waals surface area contributed by atoms with E-state index in [2.05, 4.69) is 4.18 Å². The molecule has 66 valence electrons. The van der Waals surface area contributed by atoms with E-state index in [9.17, 15) is 13.2 Å². The molecule has 8 heteroatoms. The van der Waals surface area contributed by atoms with E-state index >= 15 is 0 Å². The molecule has 0 bridgehead atoms. The molecule has 0 amide bonds. The van der Waals surface area contributed by atoms with Gasteiger partial charge in [0.2, 0.25) is 0 Å². The van der Waals surface area contributed by atoms with Crippen LogP contribution in [0.2, 0.25) is 0 Å². The molecule has 0 aromatic rings. The first-order valence-electron chi connectivity index (χ1n) is 2.35. The van der Waals surface area contributed by atoms with Gasteiger partial charge in [-0.25, -0.2) is 8.98 Å². The van der Waals surface area contributed by atoms with Gasteiger partial charge in [0.15, 0.2) is 6.10 Å². The molecule has 0 aromatic carbocycles. The lowest BCUT2D eigenvalue weighted by molar-refractivity contribution is -0.148. The fourth-order valence-corrected chi connectivity index (χ4v) is 0.523. The van der Waals surface area contributed by atoms with Gasteiger partial charge in [-0.15, -0.1) is 0 Å². The highest BCUT2D eigenvalue weighted by Gasteiger charge is 2.16. The molecule has 0 saturated carbocycles. The van der Waals surface area contributed by atoms with Gasteiger partial charge in [-0.3, -0.25) is 4.55 Å². The molecule has 0 aliphatic heterocycles. The van der Waals surface area contributed by atoms with Gasteiger partial charge < -0.3 is 10.2 Å². The van der Waals surface area contributed by atoms with Gasteiger partial charge in [0.1, 0.15) is 6.61 Å². The summed E-state index contributed by atoms with van der Waals surface area (Å²) < 4.78 is 31.0. The highest BCUT2D eigenvalue weighted by atomic mass is 32.3. The summed E-state index contributed by atoms with van der Waals surface area (Å²) in [4.78, 5) is 9.81. The number of carboxylic acids is 1. The van der Waals surface area contributed by atoms with E-state index in [1.54, 1.807) is 0 Å². The van der Waals surface area contributed by atoms with E-state index in [1.165, 1.54) is 0 Å². The molecule has 0 saturated heterocycles. The van der Waals surface area contributed by atoms with Gasteiger partial charge in [-0.2, -0.15) is 8.42 Å². The summed E-state index contributed by atoms with van der Waals surface area (Å²) in [5.74, 6) is -1.63. The third-order valence-electron chi connectivity index (χ3n) is 0.660. The Hall–Kier alpha value is -0.700. The van der Waals surface area contributed by atoms with Crippen molar-refractivity contribution < 1.29 is 32.2 Å². The Bertz CT molecular complexity index is 228. The fraction of sp³-hybridized carbons (Fsp3) is 0.667. The average Bonchev–Trinajstić information content (AvgIpc) is 1.80. The van der Waals surface area contributed by atoms with E-state index in [0.29, 0.717) is 0 Å². The fourth-order valence-electron chi connectivity index (χ4n) is 0.222. The highest BCUT2D eigenvalue weighted by Crippen LogP contribution is 1.90. The zero-order valence-corrected chi connectivity index (χ0v) is 5.98. The summed E-state index contributed by atoms with van der Waals surface area (Å²) in [6.07, 6.45) is -1.96. The lowest BCUT2D eigenvalue weighted by Crippen LogP contribution is -2.26. The molecule has 0 fully saturated rings. The van der Waals surface area contributed by atoms with E-state index in [0.717, 1.165) is 0 Å². The van der Waals surface area contributed by atoms with Crippen molar-refractivity contribution in [2.24, 2.45) is 0 Å². The number of carboxylic acid groups (broad SMARTS) is 1. The number of aliphatic hydroxyl groups excluding tert-OH is 1. The topological polar surface area (TPSA) is 121 Å². The SMILES string of the molecule is O=C(O)[C@H](O)COS(=O)(=O)O. The molecule has 0 radical (unpaired) electrons. The van der Waals surface area contributed by atoms with E-state index < -0.39 is 29.1 Å². The lowest BCUT2D eigenvalue weighted by Gasteiger charge is -2.02. The molecule has 0 rings (SSSR count). The number of aliphatic hydroxyl groups is 1. The first-order chi connectivity index (χ1) is 4.83. The molecule has 11 heavy (non-hydrogen) atoms.